The second-order valence-electron chi connectivity index (χ2n) is 4.95. The first-order chi connectivity index (χ1) is 8.39. The minimum atomic E-state index is -0.356. The number of methoxy groups -OCH3 is 2. The van der Waals surface area contributed by atoms with Crippen LogP contribution in [0, 0.1) is 0 Å². The maximum atomic E-state index is 12.2. The van der Waals surface area contributed by atoms with E-state index in [2.05, 4.69) is 0 Å². The Morgan fingerprint density at radius 2 is 1.72 bits per heavy atom. The van der Waals surface area contributed by atoms with Crippen LogP contribution in [0.25, 0.3) is 0 Å². The molecule has 0 saturated carbocycles. The number of carbonyl (C=O) groups is 1. The Kier molecular flexibility index (Phi) is 4.73. The van der Waals surface area contributed by atoms with Crippen LogP contribution in [0.15, 0.2) is 18.2 Å². The summed E-state index contributed by atoms with van der Waals surface area (Å²) in [5, 5.41) is 0. The van der Waals surface area contributed by atoms with Crippen molar-refractivity contribution in [2.45, 2.75) is 32.2 Å². The number of rotatable bonds is 6. The van der Waals surface area contributed by atoms with Gasteiger partial charge in [0, 0.05) is 12.0 Å². The van der Waals surface area contributed by atoms with Crippen molar-refractivity contribution in [2.24, 2.45) is 5.73 Å². The number of carbonyl (C=O) groups excluding carboxylic acids is 1. The molecule has 100 valence electrons. The predicted octanol–water partition coefficient (Wildman–Crippen LogP) is 2.40. The van der Waals surface area contributed by atoms with E-state index < -0.39 is 0 Å². The normalized spacial score (nSPS) is 11.2. The molecule has 2 N–H and O–H groups in total. The van der Waals surface area contributed by atoms with Crippen molar-refractivity contribution in [2.75, 3.05) is 14.2 Å². The number of hydrogen-bond acceptors (Lipinski definition) is 4. The van der Waals surface area contributed by atoms with Crippen LogP contribution >= 0.6 is 0 Å². The number of benzene rings is 1. The Labute approximate surface area is 108 Å². The maximum Gasteiger partial charge on any atom is 0.170 e. The zero-order chi connectivity index (χ0) is 13.8. The van der Waals surface area contributed by atoms with Gasteiger partial charge < -0.3 is 15.2 Å². The lowest BCUT2D eigenvalue weighted by Gasteiger charge is -2.18. The van der Waals surface area contributed by atoms with E-state index >= 15 is 0 Å². The van der Waals surface area contributed by atoms with Crippen LogP contribution in [0.2, 0.25) is 0 Å². The molecule has 18 heavy (non-hydrogen) atoms. The zero-order valence-electron chi connectivity index (χ0n) is 11.4. The highest BCUT2D eigenvalue weighted by Crippen LogP contribution is 2.30. The van der Waals surface area contributed by atoms with Gasteiger partial charge >= 0.3 is 0 Å². The summed E-state index contributed by atoms with van der Waals surface area (Å²) in [6.45, 7) is 3.81. The fraction of sp³-hybridized carbons (Fsp3) is 0.500. The molecule has 0 heterocycles. The Morgan fingerprint density at radius 1 is 1.22 bits per heavy atom. The Balaban J connectivity index is 2.96. The van der Waals surface area contributed by atoms with E-state index in [1.54, 1.807) is 32.4 Å². The van der Waals surface area contributed by atoms with Crippen LogP contribution in [0.3, 0.4) is 0 Å². The molecular formula is C14H21NO3. The van der Waals surface area contributed by atoms with Crippen molar-refractivity contribution in [3.05, 3.63) is 23.8 Å². The summed E-state index contributed by atoms with van der Waals surface area (Å²) >= 11 is 0. The van der Waals surface area contributed by atoms with Crippen LogP contribution in [0.4, 0.5) is 0 Å². The van der Waals surface area contributed by atoms with Gasteiger partial charge in [-0.3, -0.25) is 4.79 Å². The molecule has 1 aromatic carbocycles. The molecular weight excluding hydrogens is 230 g/mol. The number of nitrogens with two attached hydrogens (primary N) is 1. The molecule has 0 aromatic heterocycles. The Morgan fingerprint density at radius 3 is 2.11 bits per heavy atom. The number of ether oxygens (including phenoxy) is 2. The van der Waals surface area contributed by atoms with Gasteiger partial charge in [-0.15, -0.1) is 0 Å². The van der Waals surface area contributed by atoms with Crippen molar-refractivity contribution in [1.29, 1.82) is 0 Å². The van der Waals surface area contributed by atoms with Crippen molar-refractivity contribution in [3.63, 3.8) is 0 Å². The molecule has 1 rings (SSSR count). The fourth-order valence-electron chi connectivity index (χ4n) is 1.69. The van der Waals surface area contributed by atoms with Gasteiger partial charge in [-0.1, -0.05) is 6.07 Å². The molecule has 0 fully saturated rings. The highest BCUT2D eigenvalue weighted by Gasteiger charge is 2.20. The summed E-state index contributed by atoms with van der Waals surface area (Å²) in [5.41, 5.74) is 6.02. The molecule has 0 atom stereocenters. The highest BCUT2D eigenvalue weighted by molar-refractivity contribution is 6.01. The Bertz CT molecular complexity index is 399. The quantitative estimate of drug-likeness (QED) is 0.789. The Hall–Kier alpha value is -1.55. The lowest BCUT2D eigenvalue weighted by atomic mass is 9.95. The van der Waals surface area contributed by atoms with Gasteiger partial charge in [-0.05, 0) is 32.4 Å². The van der Waals surface area contributed by atoms with Crippen molar-refractivity contribution in [3.8, 4) is 11.5 Å². The first kappa shape index (κ1) is 14.5. The summed E-state index contributed by atoms with van der Waals surface area (Å²) in [6, 6.07) is 5.30. The third-order valence-corrected chi connectivity index (χ3v) is 2.70. The fourth-order valence-corrected chi connectivity index (χ4v) is 1.69. The molecule has 0 unspecified atom stereocenters. The summed E-state index contributed by atoms with van der Waals surface area (Å²) < 4.78 is 10.4. The summed E-state index contributed by atoms with van der Waals surface area (Å²) in [7, 11) is 3.08. The summed E-state index contributed by atoms with van der Waals surface area (Å²) in [6.07, 6.45) is 0.993. The lowest BCUT2D eigenvalue weighted by molar-refractivity contribution is 0.0966. The molecule has 0 amide bonds. The van der Waals surface area contributed by atoms with Gasteiger partial charge in [0.2, 0.25) is 0 Å². The summed E-state index contributed by atoms with van der Waals surface area (Å²) in [4.78, 5) is 12.2. The van der Waals surface area contributed by atoms with Crippen LogP contribution in [-0.4, -0.2) is 25.5 Å². The molecule has 0 aliphatic heterocycles. The van der Waals surface area contributed by atoms with Gasteiger partial charge in [0.05, 0.1) is 14.2 Å². The molecule has 4 heteroatoms. The van der Waals surface area contributed by atoms with Gasteiger partial charge in [-0.25, -0.2) is 0 Å². The maximum absolute atomic E-state index is 12.2. The molecule has 0 bridgehead atoms. The van der Waals surface area contributed by atoms with E-state index in [0.29, 0.717) is 29.9 Å². The smallest absolute Gasteiger partial charge is 0.170 e. The molecule has 0 spiro atoms. The second kappa shape index (κ2) is 5.87. The standard InChI is InChI=1S/C14H21NO3/c1-14(2,15)9-8-10(16)13-11(17-3)6-5-7-12(13)18-4/h5-7H,8-9,15H2,1-4H3. The van der Waals surface area contributed by atoms with Crippen LogP contribution in [0.1, 0.15) is 37.0 Å². The molecule has 0 aliphatic carbocycles. The number of ketones is 1. The van der Waals surface area contributed by atoms with Crippen LogP contribution in [-0.2, 0) is 0 Å². The first-order valence-electron chi connectivity index (χ1n) is 5.92. The molecule has 0 saturated heterocycles. The van der Waals surface area contributed by atoms with Gasteiger partial charge in [0.25, 0.3) is 0 Å². The molecule has 0 radical (unpaired) electrons. The van der Waals surface area contributed by atoms with Crippen molar-refractivity contribution >= 4 is 5.78 Å². The van der Waals surface area contributed by atoms with Gasteiger partial charge in [0.15, 0.2) is 5.78 Å². The van der Waals surface area contributed by atoms with E-state index in [0.717, 1.165) is 0 Å². The van der Waals surface area contributed by atoms with Crippen molar-refractivity contribution < 1.29 is 14.3 Å². The number of Topliss-reactive ketones (excluding diaryl/α,β-unsaturated/α-hetero) is 1. The first-order valence-corrected chi connectivity index (χ1v) is 5.92. The minimum Gasteiger partial charge on any atom is -0.496 e. The largest absolute Gasteiger partial charge is 0.496 e. The van der Waals surface area contributed by atoms with Crippen LogP contribution < -0.4 is 15.2 Å². The van der Waals surface area contributed by atoms with E-state index in [4.69, 9.17) is 15.2 Å². The van der Waals surface area contributed by atoms with Gasteiger partial charge in [-0.2, -0.15) is 0 Å². The molecule has 1 aromatic rings. The SMILES string of the molecule is COc1cccc(OC)c1C(=O)CCC(C)(C)N. The van der Waals surface area contributed by atoms with Crippen molar-refractivity contribution in [1.82, 2.24) is 0 Å². The van der Waals surface area contributed by atoms with E-state index in [-0.39, 0.29) is 11.3 Å². The molecule has 4 nitrogen and oxygen atoms in total. The van der Waals surface area contributed by atoms with Gasteiger partial charge in [0.1, 0.15) is 17.1 Å². The molecule has 0 aliphatic rings. The highest BCUT2D eigenvalue weighted by atomic mass is 16.5. The predicted molar refractivity (Wildman–Crippen MR) is 71.4 cm³/mol. The summed E-state index contributed by atoms with van der Waals surface area (Å²) in [5.74, 6) is 1.06. The average Bonchev–Trinajstić information content (AvgIpc) is 2.33. The number of hydrogen-bond donors (Lipinski definition) is 1. The topological polar surface area (TPSA) is 61.5 Å². The minimum absolute atomic E-state index is 0.0113. The second-order valence-corrected chi connectivity index (χ2v) is 4.95. The third kappa shape index (κ3) is 3.74. The van der Waals surface area contributed by atoms with E-state index in [9.17, 15) is 4.79 Å². The average molecular weight is 251 g/mol. The van der Waals surface area contributed by atoms with E-state index in [1.807, 2.05) is 13.8 Å². The zero-order valence-corrected chi connectivity index (χ0v) is 11.4. The lowest BCUT2D eigenvalue weighted by Crippen LogP contribution is -2.32. The van der Waals surface area contributed by atoms with E-state index in [1.165, 1.54) is 0 Å². The van der Waals surface area contributed by atoms with Crippen LogP contribution in [0.5, 0.6) is 11.5 Å². The third-order valence-electron chi connectivity index (χ3n) is 2.70. The monoisotopic (exact) mass is 251 g/mol.